The van der Waals surface area contributed by atoms with Gasteiger partial charge in [-0.2, -0.15) is 0 Å². The van der Waals surface area contributed by atoms with E-state index in [1.165, 1.54) is 0 Å². The molecule has 1 unspecified atom stereocenters. The third-order valence-electron chi connectivity index (χ3n) is 4.98. The van der Waals surface area contributed by atoms with Crippen LogP contribution in [0.5, 0.6) is 0 Å². The van der Waals surface area contributed by atoms with Gasteiger partial charge < -0.3 is 5.11 Å². The van der Waals surface area contributed by atoms with Crippen molar-refractivity contribution in [2.24, 2.45) is 28.6 Å². The molecule has 0 rings (SSSR count). The molecule has 0 saturated heterocycles. The SMILES string of the molecule is CC(C)C(C)(C)CC(C(=O)O)C(C)(C)C(C)C. The van der Waals surface area contributed by atoms with E-state index >= 15 is 0 Å². The average molecular weight is 242 g/mol. The lowest BCUT2D eigenvalue weighted by Crippen LogP contribution is -2.39. The van der Waals surface area contributed by atoms with Crippen molar-refractivity contribution in [3.8, 4) is 0 Å². The molecular weight excluding hydrogens is 212 g/mol. The molecule has 1 atom stereocenters. The fraction of sp³-hybridized carbons (Fsp3) is 0.933. The standard InChI is InChI=1S/C15H30O2/c1-10(2)14(5,6)9-12(13(16)17)15(7,8)11(3)4/h10-12H,9H2,1-8H3,(H,16,17). The van der Waals surface area contributed by atoms with Crippen LogP contribution in [0.4, 0.5) is 0 Å². The molecule has 2 heteroatoms. The molecule has 0 aromatic rings. The molecule has 1 N–H and O–H groups in total. The van der Waals surface area contributed by atoms with E-state index in [0.717, 1.165) is 6.42 Å². The van der Waals surface area contributed by atoms with Crippen LogP contribution in [0, 0.1) is 28.6 Å². The zero-order valence-corrected chi connectivity index (χ0v) is 12.8. The molecule has 17 heavy (non-hydrogen) atoms. The summed E-state index contributed by atoms with van der Waals surface area (Å²) in [6, 6.07) is 0. The number of hydrogen-bond acceptors (Lipinski definition) is 1. The van der Waals surface area contributed by atoms with Gasteiger partial charge in [-0.05, 0) is 29.1 Å². The van der Waals surface area contributed by atoms with E-state index in [1.54, 1.807) is 0 Å². The van der Waals surface area contributed by atoms with Gasteiger partial charge in [0.15, 0.2) is 0 Å². The van der Waals surface area contributed by atoms with Crippen LogP contribution < -0.4 is 0 Å². The number of carboxylic acids is 1. The van der Waals surface area contributed by atoms with Gasteiger partial charge in [-0.1, -0.05) is 55.4 Å². The van der Waals surface area contributed by atoms with Crippen molar-refractivity contribution in [2.75, 3.05) is 0 Å². The van der Waals surface area contributed by atoms with E-state index in [4.69, 9.17) is 0 Å². The van der Waals surface area contributed by atoms with Crippen LogP contribution in [0.25, 0.3) is 0 Å². The molecule has 0 aromatic heterocycles. The van der Waals surface area contributed by atoms with Gasteiger partial charge in [0.25, 0.3) is 0 Å². The topological polar surface area (TPSA) is 37.3 Å². The van der Waals surface area contributed by atoms with Crippen molar-refractivity contribution in [1.29, 1.82) is 0 Å². The molecule has 0 fully saturated rings. The first-order chi connectivity index (χ1) is 7.43. The molecule has 0 heterocycles. The summed E-state index contributed by atoms with van der Waals surface area (Å²) in [4.78, 5) is 11.6. The molecule has 0 radical (unpaired) electrons. The predicted octanol–water partition coefficient (Wildman–Crippen LogP) is 4.44. The number of carbonyl (C=O) groups is 1. The highest BCUT2D eigenvalue weighted by Crippen LogP contribution is 2.44. The van der Waals surface area contributed by atoms with Crippen LogP contribution in [0.15, 0.2) is 0 Å². The first-order valence-electron chi connectivity index (χ1n) is 6.65. The molecule has 0 aliphatic rings. The van der Waals surface area contributed by atoms with E-state index in [1.807, 2.05) is 0 Å². The minimum absolute atomic E-state index is 0.0647. The van der Waals surface area contributed by atoms with Gasteiger partial charge in [-0.3, -0.25) is 4.79 Å². The quantitative estimate of drug-likeness (QED) is 0.747. The van der Waals surface area contributed by atoms with Gasteiger partial charge >= 0.3 is 5.97 Å². The fourth-order valence-electron chi connectivity index (χ4n) is 1.83. The van der Waals surface area contributed by atoms with E-state index in [-0.39, 0.29) is 16.7 Å². The van der Waals surface area contributed by atoms with Gasteiger partial charge in [0.05, 0.1) is 5.92 Å². The Morgan fingerprint density at radius 2 is 1.41 bits per heavy atom. The molecule has 2 nitrogen and oxygen atoms in total. The maximum absolute atomic E-state index is 11.6. The molecular formula is C15H30O2. The van der Waals surface area contributed by atoms with Crippen molar-refractivity contribution in [3.63, 3.8) is 0 Å². The van der Waals surface area contributed by atoms with Gasteiger partial charge in [0.1, 0.15) is 0 Å². The molecule has 0 saturated carbocycles. The highest BCUT2D eigenvalue weighted by Gasteiger charge is 2.41. The first kappa shape index (κ1) is 16.5. The number of rotatable bonds is 6. The lowest BCUT2D eigenvalue weighted by Gasteiger charge is -2.41. The van der Waals surface area contributed by atoms with Crippen LogP contribution in [0.3, 0.4) is 0 Å². The lowest BCUT2D eigenvalue weighted by molar-refractivity contribution is -0.149. The zero-order chi connectivity index (χ0) is 14.0. The smallest absolute Gasteiger partial charge is 0.307 e. The van der Waals surface area contributed by atoms with Gasteiger partial charge in [-0.15, -0.1) is 0 Å². The van der Waals surface area contributed by atoms with E-state index in [0.29, 0.717) is 11.8 Å². The molecule has 0 aromatic carbocycles. The summed E-state index contributed by atoms with van der Waals surface area (Å²) in [7, 11) is 0. The average Bonchev–Trinajstić information content (AvgIpc) is 2.12. The number of aliphatic carboxylic acids is 1. The summed E-state index contributed by atoms with van der Waals surface area (Å²) < 4.78 is 0. The van der Waals surface area contributed by atoms with Crippen molar-refractivity contribution in [2.45, 2.75) is 61.8 Å². The van der Waals surface area contributed by atoms with E-state index < -0.39 is 5.97 Å². The highest BCUT2D eigenvalue weighted by atomic mass is 16.4. The van der Waals surface area contributed by atoms with Crippen molar-refractivity contribution < 1.29 is 9.90 Å². The number of carboxylic acid groups (broad SMARTS) is 1. The van der Waals surface area contributed by atoms with Crippen LogP contribution in [-0.2, 0) is 4.79 Å². The molecule has 0 spiro atoms. The van der Waals surface area contributed by atoms with Crippen LogP contribution in [0.1, 0.15) is 61.8 Å². The second-order valence-electron chi connectivity index (χ2n) is 7.21. The minimum Gasteiger partial charge on any atom is -0.481 e. The third kappa shape index (κ3) is 4.01. The Morgan fingerprint density at radius 3 is 1.65 bits per heavy atom. The van der Waals surface area contributed by atoms with Crippen LogP contribution >= 0.6 is 0 Å². The maximum Gasteiger partial charge on any atom is 0.307 e. The van der Waals surface area contributed by atoms with Gasteiger partial charge in [-0.25, -0.2) is 0 Å². The van der Waals surface area contributed by atoms with Crippen molar-refractivity contribution >= 4 is 5.97 Å². The van der Waals surface area contributed by atoms with Crippen LogP contribution in [0.2, 0.25) is 0 Å². The summed E-state index contributed by atoms with van der Waals surface area (Å²) in [6.07, 6.45) is 0.741. The Labute approximate surface area is 107 Å². The molecule has 0 aliphatic carbocycles. The minimum atomic E-state index is -0.655. The zero-order valence-electron chi connectivity index (χ0n) is 12.8. The van der Waals surface area contributed by atoms with Crippen molar-refractivity contribution in [1.82, 2.24) is 0 Å². The Bertz CT molecular complexity index is 262. The first-order valence-corrected chi connectivity index (χ1v) is 6.65. The van der Waals surface area contributed by atoms with Gasteiger partial charge in [0, 0.05) is 0 Å². The molecule has 0 aliphatic heterocycles. The Morgan fingerprint density at radius 1 is 1.00 bits per heavy atom. The van der Waals surface area contributed by atoms with Crippen molar-refractivity contribution in [3.05, 3.63) is 0 Å². The van der Waals surface area contributed by atoms with E-state index in [9.17, 15) is 9.90 Å². The third-order valence-corrected chi connectivity index (χ3v) is 4.98. The Hall–Kier alpha value is -0.530. The summed E-state index contributed by atoms with van der Waals surface area (Å²) in [6.45, 7) is 17.0. The highest BCUT2D eigenvalue weighted by molar-refractivity contribution is 5.71. The Balaban J connectivity index is 5.09. The normalized spacial score (nSPS) is 15.4. The number of hydrogen-bond donors (Lipinski definition) is 1. The molecule has 102 valence electrons. The fourth-order valence-corrected chi connectivity index (χ4v) is 1.83. The monoisotopic (exact) mass is 242 g/mol. The summed E-state index contributed by atoms with van der Waals surface area (Å²) in [5, 5.41) is 9.50. The largest absolute Gasteiger partial charge is 0.481 e. The van der Waals surface area contributed by atoms with E-state index in [2.05, 4.69) is 55.4 Å². The summed E-state index contributed by atoms with van der Waals surface area (Å²) in [5.74, 6) is -0.0730. The summed E-state index contributed by atoms with van der Waals surface area (Å²) >= 11 is 0. The Kier molecular flexibility index (Phi) is 5.24. The second kappa shape index (κ2) is 5.41. The predicted molar refractivity (Wildman–Crippen MR) is 73.0 cm³/mol. The molecule has 0 amide bonds. The summed E-state index contributed by atoms with van der Waals surface area (Å²) in [5.41, 5.74) is -0.104. The second-order valence-corrected chi connectivity index (χ2v) is 7.21. The molecule has 0 bridgehead atoms. The van der Waals surface area contributed by atoms with Gasteiger partial charge in [0.2, 0.25) is 0 Å². The lowest BCUT2D eigenvalue weighted by atomic mass is 9.63. The van der Waals surface area contributed by atoms with Crippen LogP contribution in [-0.4, -0.2) is 11.1 Å². The maximum atomic E-state index is 11.6.